The third kappa shape index (κ3) is 3.05. The highest BCUT2D eigenvalue weighted by molar-refractivity contribution is 6.07. The molecule has 0 aromatic heterocycles. The van der Waals surface area contributed by atoms with Gasteiger partial charge < -0.3 is 19.9 Å². The SMILES string of the molecule is COc1cc(F)cc(-c2ccc3c(c2)C2(CC4(CCCOC4)O3)N=C(N)N(C)C2=O)c1. The molecular weight excluding hydrogens is 401 g/mol. The largest absolute Gasteiger partial charge is 0.497 e. The molecule has 5 rings (SSSR count). The Morgan fingerprint density at radius 2 is 2.06 bits per heavy atom. The maximum Gasteiger partial charge on any atom is 0.261 e. The van der Waals surface area contributed by atoms with Crippen LogP contribution in [0, 0.1) is 5.82 Å². The van der Waals surface area contributed by atoms with Crippen molar-refractivity contribution in [1.29, 1.82) is 0 Å². The Balaban J connectivity index is 1.68. The van der Waals surface area contributed by atoms with Crippen LogP contribution in [0.2, 0.25) is 0 Å². The van der Waals surface area contributed by atoms with E-state index in [1.165, 1.54) is 24.1 Å². The lowest BCUT2D eigenvalue weighted by atomic mass is 9.74. The third-order valence-corrected chi connectivity index (χ3v) is 6.36. The molecule has 2 spiro atoms. The quantitative estimate of drug-likeness (QED) is 0.800. The first-order chi connectivity index (χ1) is 14.9. The van der Waals surface area contributed by atoms with E-state index in [2.05, 4.69) is 4.99 Å². The molecule has 3 aliphatic rings. The molecule has 2 N–H and O–H groups in total. The molecule has 162 valence electrons. The van der Waals surface area contributed by atoms with E-state index in [9.17, 15) is 9.18 Å². The zero-order chi connectivity index (χ0) is 21.8. The van der Waals surface area contributed by atoms with Gasteiger partial charge in [-0.15, -0.1) is 0 Å². The fourth-order valence-corrected chi connectivity index (χ4v) is 4.84. The number of carbonyl (C=O) groups is 1. The van der Waals surface area contributed by atoms with Crippen LogP contribution in [0.5, 0.6) is 11.5 Å². The van der Waals surface area contributed by atoms with E-state index in [1.54, 1.807) is 13.1 Å². The minimum Gasteiger partial charge on any atom is -0.497 e. The number of hydrogen-bond acceptors (Lipinski definition) is 6. The molecule has 7 nitrogen and oxygen atoms in total. The second-order valence-corrected chi connectivity index (χ2v) is 8.40. The van der Waals surface area contributed by atoms with Crippen LogP contribution in [0.3, 0.4) is 0 Å². The number of nitrogens with two attached hydrogens (primary N) is 1. The average molecular weight is 425 g/mol. The standard InChI is InChI=1S/C23H24FN3O4/c1-27-20(28)23(26-21(27)25)12-22(6-3-7-30-13-22)31-19-5-4-14(10-18(19)23)15-8-16(24)11-17(9-15)29-2/h4-5,8-11H,3,6-7,12-13H2,1-2H3,(H2,25,26). The molecule has 0 aliphatic carbocycles. The fraction of sp³-hybridized carbons (Fsp3) is 0.391. The van der Waals surface area contributed by atoms with Crippen molar-refractivity contribution in [2.45, 2.75) is 30.4 Å². The molecule has 2 atom stereocenters. The minimum absolute atomic E-state index is 0.169. The smallest absolute Gasteiger partial charge is 0.261 e. The summed E-state index contributed by atoms with van der Waals surface area (Å²) in [5, 5.41) is 0. The van der Waals surface area contributed by atoms with E-state index in [0.717, 1.165) is 18.4 Å². The summed E-state index contributed by atoms with van der Waals surface area (Å²) in [5.74, 6) is 0.548. The van der Waals surface area contributed by atoms with Crippen LogP contribution < -0.4 is 15.2 Å². The molecule has 2 aromatic carbocycles. The average Bonchev–Trinajstić information content (AvgIpc) is 2.97. The van der Waals surface area contributed by atoms with Gasteiger partial charge in [-0.3, -0.25) is 9.69 Å². The van der Waals surface area contributed by atoms with Crippen molar-refractivity contribution in [1.82, 2.24) is 4.90 Å². The topological polar surface area (TPSA) is 86.4 Å². The van der Waals surface area contributed by atoms with Gasteiger partial charge in [0.2, 0.25) is 0 Å². The van der Waals surface area contributed by atoms with Crippen molar-refractivity contribution < 1.29 is 23.4 Å². The molecule has 2 aromatic rings. The Kier molecular flexibility index (Phi) is 4.44. The highest BCUT2D eigenvalue weighted by Crippen LogP contribution is 2.51. The summed E-state index contributed by atoms with van der Waals surface area (Å²) in [5.41, 5.74) is 6.23. The summed E-state index contributed by atoms with van der Waals surface area (Å²) < 4.78 is 31.5. The Labute approximate surface area is 179 Å². The first-order valence-corrected chi connectivity index (χ1v) is 10.3. The normalized spacial score (nSPS) is 27.3. The van der Waals surface area contributed by atoms with Crippen LogP contribution in [0.4, 0.5) is 4.39 Å². The van der Waals surface area contributed by atoms with E-state index in [-0.39, 0.29) is 11.9 Å². The number of halogens is 1. The molecule has 1 fully saturated rings. The van der Waals surface area contributed by atoms with Gasteiger partial charge in [-0.1, -0.05) is 6.07 Å². The maximum atomic E-state index is 14.1. The molecule has 8 heteroatoms. The van der Waals surface area contributed by atoms with Crippen LogP contribution >= 0.6 is 0 Å². The van der Waals surface area contributed by atoms with E-state index in [0.29, 0.717) is 42.3 Å². The number of methoxy groups -OCH3 is 1. The van der Waals surface area contributed by atoms with Gasteiger partial charge in [0.25, 0.3) is 5.91 Å². The Bertz CT molecular complexity index is 1100. The summed E-state index contributed by atoms with van der Waals surface area (Å²) in [7, 11) is 3.11. The Hall–Kier alpha value is -3.13. The highest BCUT2D eigenvalue weighted by atomic mass is 19.1. The van der Waals surface area contributed by atoms with Gasteiger partial charge in [0.05, 0.1) is 13.7 Å². The number of amides is 1. The molecule has 3 aliphatic heterocycles. The summed E-state index contributed by atoms with van der Waals surface area (Å²) in [6.07, 6.45) is 1.95. The third-order valence-electron chi connectivity index (χ3n) is 6.36. The molecule has 2 unspecified atom stereocenters. The lowest BCUT2D eigenvalue weighted by Gasteiger charge is -2.46. The number of rotatable bonds is 2. The number of benzene rings is 2. The van der Waals surface area contributed by atoms with Crippen LogP contribution in [0.25, 0.3) is 11.1 Å². The van der Waals surface area contributed by atoms with Gasteiger partial charge in [-0.2, -0.15) is 0 Å². The molecule has 3 heterocycles. The van der Waals surface area contributed by atoms with Gasteiger partial charge in [-0.25, -0.2) is 9.38 Å². The number of aliphatic imine (C=N–C) groups is 1. The Morgan fingerprint density at radius 3 is 2.74 bits per heavy atom. The number of hydrogen-bond donors (Lipinski definition) is 1. The van der Waals surface area contributed by atoms with Crippen molar-refractivity contribution in [3.05, 3.63) is 47.8 Å². The van der Waals surface area contributed by atoms with E-state index >= 15 is 0 Å². The molecule has 31 heavy (non-hydrogen) atoms. The predicted octanol–water partition coefficient (Wildman–Crippen LogP) is 2.82. The van der Waals surface area contributed by atoms with Crippen LogP contribution in [-0.4, -0.2) is 49.7 Å². The van der Waals surface area contributed by atoms with E-state index < -0.39 is 17.0 Å². The first kappa shape index (κ1) is 19.8. The summed E-state index contributed by atoms with van der Waals surface area (Å²) in [4.78, 5) is 19.5. The van der Waals surface area contributed by atoms with Gasteiger partial charge in [0.1, 0.15) is 22.9 Å². The number of carbonyl (C=O) groups excluding carboxylic acids is 1. The van der Waals surface area contributed by atoms with Crippen molar-refractivity contribution >= 4 is 11.9 Å². The van der Waals surface area contributed by atoms with Crippen LogP contribution in [0.15, 0.2) is 41.4 Å². The van der Waals surface area contributed by atoms with E-state index in [1.807, 2.05) is 18.2 Å². The maximum absolute atomic E-state index is 14.1. The monoisotopic (exact) mass is 425 g/mol. The van der Waals surface area contributed by atoms with Crippen molar-refractivity contribution in [3.8, 4) is 22.6 Å². The molecule has 1 amide bonds. The van der Waals surface area contributed by atoms with Crippen LogP contribution in [0.1, 0.15) is 24.8 Å². The second kappa shape index (κ2) is 6.95. The lowest BCUT2D eigenvalue weighted by Crippen LogP contribution is -2.55. The number of likely N-dealkylation sites (N-methyl/N-ethyl adjacent to an activating group) is 1. The second-order valence-electron chi connectivity index (χ2n) is 8.40. The van der Waals surface area contributed by atoms with Gasteiger partial charge >= 0.3 is 0 Å². The number of ether oxygens (including phenoxy) is 3. The number of guanidine groups is 1. The highest BCUT2D eigenvalue weighted by Gasteiger charge is 2.58. The van der Waals surface area contributed by atoms with Crippen molar-refractivity contribution in [2.75, 3.05) is 27.4 Å². The zero-order valence-corrected chi connectivity index (χ0v) is 17.5. The summed E-state index contributed by atoms with van der Waals surface area (Å²) in [6, 6.07) is 10.00. The fourth-order valence-electron chi connectivity index (χ4n) is 4.84. The molecule has 0 bridgehead atoms. The van der Waals surface area contributed by atoms with Gasteiger partial charge in [0, 0.05) is 31.7 Å². The predicted molar refractivity (Wildman–Crippen MR) is 112 cm³/mol. The molecule has 0 saturated carbocycles. The summed E-state index contributed by atoms with van der Waals surface area (Å²) in [6.45, 7) is 1.06. The zero-order valence-electron chi connectivity index (χ0n) is 17.5. The van der Waals surface area contributed by atoms with Crippen molar-refractivity contribution in [2.24, 2.45) is 10.7 Å². The van der Waals surface area contributed by atoms with Crippen molar-refractivity contribution in [3.63, 3.8) is 0 Å². The molecule has 1 saturated heterocycles. The Morgan fingerprint density at radius 1 is 1.23 bits per heavy atom. The minimum atomic E-state index is -1.19. The number of nitrogens with zero attached hydrogens (tertiary/aromatic N) is 2. The van der Waals surface area contributed by atoms with Gasteiger partial charge in [-0.05, 0) is 48.2 Å². The lowest BCUT2D eigenvalue weighted by molar-refractivity contribution is -0.139. The van der Waals surface area contributed by atoms with Crippen LogP contribution in [-0.2, 0) is 15.1 Å². The number of fused-ring (bicyclic) bond motifs is 2. The van der Waals surface area contributed by atoms with Gasteiger partial charge in [0.15, 0.2) is 11.5 Å². The first-order valence-electron chi connectivity index (χ1n) is 10.3. The van der Waals surface area contributed by atoms with E-state index in [4.69, 9.17) is 19.9 Å². The summed E-state index contributed by atoms with van der Waals surface area (Å²) >= 11 is 0. The molecular formula is C23H24FN3O4. The molecule has 0 radical (unpaired) electrons.